The lowest BCUT2D eigenvalue weighted by Crippen LogP contribution is -2.43. The SMILES string of the molecule is CN(CCNC(=O)COc1ccc(CNC[C@H](O)C2=C3C=CC(=O)N=C3C(=O)C=C2)cc1)C1CCC(OC(=O)C(O)(c2cccs2)c2cccs2)CC1. The van der Waals surface area contributed by atoms with Crippen molar-refractivity contribution >= 4 is 52.0 Å². The van der Waals surface area contributed by atoms with Crippen LogP contribution in [0.1, 0.15) is 41.0 Å². The van der Waals surface area contributed by atoms with E-state index in [0.717, 1.165) is 18.4 Å². The molecule has 1 fully saturated rings. The number of hydrogen-bond donors (Lipinski definition) is 4. The predicted molar refractivity (Wildman–Crippen MR) is 202 cm³/mol. The zero-order valence-electron chi connectivity index (χ0n) is 29.2. The Morgan fingerprint density at radius 1 is 0.981 bits per heavy atom. The normalized spacial score (nSPS) is 19.2. The lowest BCUT2D eigenvalue weighted by atomic mass is 9.89. The van der Waals surface area contributed by atoms with E-state index in [9.17, 15) is 29.4 Å². The minimum atomic E-state index is -1.80. The second-order valence-electron chi connectivity index (χ2n) is 13.1. The van der Waals surface area contributed by atoms with E-state index in [0.29, 0.717) is 65.2 Å². The smallest absolute Gasteiger partial charge is 0.349 e. The Morgan fingerprint density at radius 3 is 2.34 bits per heavy atom. The summed E-state index contributed by atoms with van der Waals surface area (Å²) in [6.07, 6.45) is 7.54. The van der Waals surface area contributed by atoms with E-state index in [1.54, 1.807) is 30.3 Å². The van der Waals surface area contributed by atoms with Gasteiger partial charge in [0.2, 0.25) is 11.4 Å². The minimum Gasteiger partial charge on any atom is -0.484 e. The first-order valence-corrected chi connectivity index (χ1v) is 19.2. The van der Waals surface area contributed by atoms with Crippen molar-refractivity contribution in [1.82, 2.24) is 15.5 Å². The third-order valence-electron chi connectivity index (χ3n) is 9.53. The summed E-state index contributed by atoms with van der Waals surface area (Å²) in [7, 11) is 2.03. The molecule has 2 aromatic heterocycles. The monoisotopic (exact) mass is 758 g/mol. The number of fused-ring (bicyclic) bond motifs is 1. The van der Waals surface area contributed by atoms with E-state index in [1.165, 1.54) is 40.9 Å². The number of hydrogen-bond acceptors (Lipinski definition) is 12. The second-order valence-corrected chi connectivity index (χ2v) is 15.0. The van der Waals surface area contributed by atoms with Gasteiger partial charge in [-0.2, -0.15) is 0 Å². The first kappa shape index (κ1) is 38.2. The highest BCUT2D eigenvalue weighted by atomic mass is 32.1. The zero-order valence-corrected chi connectivity index (χ0v) is 30.9. The van der Waals surface area contributed by atoms with Gasteiger partial charge < -0.3 is 35.2 Å². The molecule has 3 aromatic rings. The Bertz CT molecular complexity index is 1860. The highest BCUT2D eigenvalue weighted by molar-refractivity contribution is 7.12. The number of ketones is 1. The maximum absolute atomic E-state index is 13.3. The molecule has 4 N–H and O–H groups in total. The molecule has 1 aliphatic heterocycles. The summed E-state index contributed by atoms with van der Waals surface area (Å²) in [6, 6.07) is 14.7. The van der Waals surface area contributed by atoms with Crippen LogP contribution in [0.2, 0.25) is 0 Å². The summed E-state index contributed by atoms with van der Waals surface area (Å²) in [4.78, 5) is 56.6. The zero-order chi connectivity index (χ0) is 37.4. The maximum Gasteiger partial charge on any atom is 0.349 e. The molecule has 0 saturated heterocycles. The van der Waals surface area contributed by atoms with Crippen molar-refractivity contribution in [3.05, 3.63) is 110 Å². The Morgan fingerprint density at radius 2 is 1.68 bits per heavy atom. The Kier molecular flexibility index (Phi) is 12.6. The summed E-state index contributed by atoms with van der Waals surface area (Å²) in [6.45, 7) is 1.69. The topological polar surface area (TPSA) is 167 Å². The average molecular weight is 759 g/mol. The van der Waals surface area contributed by atoms with Crippen molar-refractivity contribution in [2.24, 2.45) is 4.99 Å². The van der Waals surface area contributed by atoms with Gasteiger partial charge in [-0.1, -0.05) is 30.3 Å². The molecule has 1 atom stereocenters. The van der Waals surface area contributed by atoms with Gasteiger partial charge >= 0.3 is 5.97 Å². The van der Waals surface area contributed by atoms with Crippen LogP contribution in [0.25, 0.3) is 0 Å². The molecule has 278 valence electrons. The number of aliphatic imine (C=N–C) groups is 1. The molecule has 12 nitrogen and oxygen atoms in total. The number of carbonyl (C=O) groups excluding carboxylic acids is 4. The number of carbonyl (C=O) groups is 4. The largest absolute Gasteiger partial charge is 0.484 e. The number of amides is 2. The van der Waals surface area contributed by atoms with Crippen LogP contribution in [0, 0.1) is 0 Å². The van der Waals surface area contributed by atoms with Gasteiger partial charge in [0.05, 0.1) is 15.9 Å². The number of benzene rings is 1. The molecular weight excluding hydrogens is 717 g/mol. The molecular formula is C39H42N4O8S2. The predicted octanol–water partition coefficient (Wildman–Crippen LogP) is 3.45. The molecule has 6 rings (SSSR count). The quantitative estimate of drug-likeness (QED) is 0.126. The molecule has 3 heterocycles. The fourth-order valence-corrected chi connectivity index (χ4v) is 8.25. The average Bonchev–Trinajstić information content (AvgIpc) is 3.91. The Balaban J connectivity index is 0.860. The van der Waals surface area contributed by atoms with E-state index < -0.39 is 23.6 Å². The first-order chi connectivity index (χ1) is 25.6. The first-order valence-electron chi connectivity index (χ1n) is 17.5. The van der Waals surface area contributed by atoms with E-state index in [2.05, 4.69) is 20.5 Å². The van der Waals surface area contributed by atoms with Crippen molar-refractivity contribution in [2.45, 2.75) is 56.1 Å². The van der Waals surface area contributed by atoms with Gasteiger partial charge in [-0.25, -0.2) is 9.79 Å². The molecule has 1 saturated carbocycles. The van der Waals surface area contributed by atoms with Gasteiger partial charge in [0, 0.05) is 43.9 Å². The number of aliphatic hydroxyl groups excluding tert-OH is 1. The highest BCUT2D eigenvalue weighted by Gasteiger charge is 2.45. The standard InChI is InChI=1S/C39H42N4O8S2/c1-43(26-8-12-28(13-9-26)51-38(48)39(49,33-4-2-20-52-33)34-5-3-21-53-34)19-18-41-36(47)24-50-27-10-6-25(7-11-27)22-40-23-32(45)29-14-16-31(44)37-30(29)15-17-35(46)42-37/h2-7,10-11,14-17,20-21,26,28,32,40,45,49H,8-9,12-13,18-19,22-24H2,1H3,(H,41,47)/t26?,28?,32-/m0/s1. The van der Waals surface area contributed by atoms with Crippen LogP contribution in [0.15, 0.2) is 99.7 Å². The number of thiophene rings is 2. The fraction of sp³-hybridized carbons (Fsp3) is 0.359. The van der Waals surface area contributed by atoms with Crippen molar-refractivity contribution in [3.63, 3.8) is 0 Å². The van der Waals surface area contributed by atoms with Crippen LogP contribution in [0.4, 0.5) is 0 Å². The van der Waals surface area contributed by atoms with Crippen LogP contribution in [0.3, 0.4) is 0 Å². The van der Waals surface area contributed by atoms with Gasteiger partial charge in [-0.3, -0.25) is 14.4 Å². The lowest BCUT2D eigenvalue weighted by molar-refractivity contribution is -0.169. The number of allylic oxidation sites excluding steroid dienone is 3. The number of nitrogens with zero attached hydrogens (tertiary/aromatic N) is 2. The minimum absolute atomic E-state index is 0.0537. The van der Waals surface area contributed by atoms with Crippen molar-refractivity contribution in [3.8, 4) is 5.75 Å². The number of rotatable bonds is 16. The third kappa shape index (κ3) is 9.33. The lowest BCUT2D eigenvalue weighted by Gasteiger charge is -2.35. The maximum atomic E-state index is 13.3. The van der Waals surface area contributed by atoms with Gasteiger partial charge in [-0.05, 0) is 91.0 Å². The molecule has 14 heteroatoms. The number of ether oxygens (including phenoxy) is 2. The highest BCUT2D eigenvalue weighted by Crippen LogP contribution is 2.38. The van der Waals surface area contributed by atoms with Crippen molar-refractivity contribution in [2.75, 3.05) is 33.3 Å². The van der Waals surface area contributed by atoms with Crippen LogP contribution in [0.5, 0.6) is 5.75 Å². The van der Waals surface area contributed by atoms with Crippen molar-refractivity contribution < 1.29 is 38.9 Å². The molecule has 3 aliphatic rings. The summed E-state index contributed by atoms with van der Waals surface area (Å²) in [5.41, 5.74) is 0.171. The van der Waals surface area contributed by atoms with Crippen LogP contribution >= 0.6 is 22.7 Å². The van der Waals surface area contributed by atoms with Crippen LogP contribution < -0.4 is 15.4 Å². The van der Waals surface area contributed by atoms with E-state index in [-0.39, 0.29) is 36.7 Å². The molecule has 0 spiro atoms. The summed E-state index contributed by atoms with van der Waals surface area (Å²) >= 11 is 2.65. The van der Waals surface area contributed by atoms with Crippen LogP contribution in [-0.2, 0) is 36.1 Å². The molecule has 0 unspecified atom stereocenters. The second kappa shape index (κ2) is 17.5. The molecule has 0 radical (unpaired) electrons. The summed E-state index contributed by atoms with van der Waals surface area (Å²) in [5.74, 6) is -1.17. The molecule has 1 aromatic carbocycles. The van der Waals surface area contributed by atoms with Gasteiger partial charge in [0.25, 0.3) is 11.8 Å². The van der Waals surface area contributed by atoms with E-state index in [4.69, 9.17) is 9.47 Å². The van der Waals surface area contributed by atoms with Gasteiger partial charge in [0.1, 0.15) is 17.6 Å². The number of esters is 1. The molecule has 53 heavy (non-hydrogen) atoms. The Labute approximate surface area is 315 Å². The van der Waals surface area contributed by atoms with E-state index >= 15 is 0 Å². The number of likely N-dealkylation sites (N-methyl/N-ethyl adjacent to an activating group) is 1. The van der Waals surface area contributed by atoms with Crippen molar-refractivity contribution in [1.29, 1.82) is 0 Å². The number of dihydropyridines is 1. The molecule has 2 aliphatic carbocycles. The van der Waals surface area contributed by atoms with Gasteiger partial charge in [0.15, 0.2) is 6.61 Å². The molecule has 2 amide bonds. The third-order valence-corrected chi connectivity index (χ3v) is 11.5. The van der Waals surface area contributed by atoms with Gasteiger partial charge in [-0.15, -0.1) is 22.7 Å². The number of aliphatic hydroxyl groups is 2. The summed E-state index contributed by atoms with van der Waals surface area (Å²) in [5, 5.41) is 32.0. The van der Waals surface area contributed by atoms with Crippen LogP contribution in [-0.4, -0.2) is 95.9 Å². The van der Waals surface area contributed by atoms with E-state index in [1.807, 2.05) is 42.1 Å². The number of nitrogens with one attached hydrogen (secondary N) is 2. The Hall–Kier alpha value is -4.57. The molecule has 0 bridgehead atoms. The fourth-order valence-electron chi connectivity index (χ4n) is 6.54. The summed E-state index contributed by atoms with van der Waals surface area (Å²) < 4.78 is 11.6.